The van der Waals surface area contributed by atoms with E-state index in [4.69, 9.17) is 0 Å². The monoisotopic (exact) mass is 350 g/mol. The van der Waals surface area contributed by atoms with Crippen molar-refractivity contribution in [3.63, 3.8) is 0 Å². The molecule has 1 aliphatic heterocycles. The number of benzene rings is 1. The summed E-state index contributed by atoms with van der Waals surface area (Å²) in [6.45, 7) is 10.6. The molecular weight excluding hydrogens is 322 g/mol. The number of hydrogen-bond acceptors (Lipinski definition) is 2. The standard InChI is InChI=1S/C17H27FN2.2ClH/c1-13(2)7-8-17(20-11-9-19-10-12-20)15-5-4-6-16(18)14(15)3;;/h4-6,13,17,19H,7-12H2,1-3H3;2*1H/t17-;;/m0../s1. The Morgan fingerprint density at radius 1 is 1.14 bits per heavy atom. The highest BCUT2D eigenvalue weighted by Gasteiger charge is 2.24. The normalized spacial score (nSPS) is 16.8. The van der Waals surface area contributed by atoms with E-state index in [0.717, 1.165) is 38.2 Å². The number of piperazine rings is 1. The molecule has 1 saturated heterocycles. The first-order chi connectivity index (χ1) is 9.59. The van der Waals surface area contributed by atoms with Crippen LogP contribution in [-0.4, -0.2) is 31.1 Å². The Bertz CT molecular complexity index is 435. The Kier molecular flexibility index (Phi) is 10.3. The molecule has 1 atom stereocenters. The van der Waals surface area contributed by atoms with Gasteiger partial charge in [0.25, 0.3) is 0 Å². The van der Waals surface area contributed by atoms with Crippen LogP contribution >= 0.6 is 24.8 Å². The summed E-state index contributed by atoms with van der Waals surface area (Å²) >= 11 is 0. The number of halogens is 3. The minimum absolute atomic E-state index is 0. The summed E-state index contributed by atoms with van der Waals surface area (Å²) in [6, 6.07) is 5.87. The van der Waals surface area contributed by atoms with Crippen LogP contribution < -0.4 is 5.32 Å². The third-order valence-electron chi connectivity index (χ3n) is 4.28. The number of nitrogens with one attached hydrogen (secondary N) is 1. The van der Waals surface area contributed by atoms with Gasteiger partial charge in [-0.15, -0.1) is 24.8 Å². The fraction of sp³-hybridized carbons (Fsp3) is 0.647. The fourth-order valence-electron chi connectivity index (χ4n) is 3.00. The molecule has 0 bridgehead atoms. The first kappa shape index (κ1) is 21.6. The predicted molar refractivity (Wildman–Crippen MR) is 96.9 cm³/mol. The largest absolute Gasteiger partial charge is 0.314 e. The van der Waals surface area contributed by atoms with Crippen LogP contribution in [0.25, 0.3) is 0 Å². The maximum Gasteiger partial charge on any atom is 0.126 e. The molecule has 1 aromatic rings. The van der Waals surface area contributed by atoms with Gasteiger partial charge in [-0.25, -0.2) is 4.39 Å². The number of nitrogens with zero attached hydrogens (tertiary/aromatic N) is 1. The quantitative estimate of drug-likeness (QED) is 0.848. The van der Waals surface area contributed by atoms with E-state index in [0.29, 0.717) is 12.0 Å². The average Bonchev–Trinajstić information content (AvgIpc) is 2.44. The van der Waals surface area contributed by atoms with Gasteiger partial charge in [0.15, 0.2) is 0 Å². The van der Waals surface area contributed by atoms with Gasteiger partial charge in [0.1, 0.15) is 5.82 Å². The Labute approximate surface area is 146 Å². The summed E-state index contributed by atoms with van der Waals surface area (Å²) < 4.78 is 13.9. The summed E-state index contributed by atoms with van der Waals surface area (Å²) in [6.07, 6.45) is 2.30. The minimum atomic E-state index is -0.0767. The summed E-state index contributed by atoms with van der Waals surface area (Å²) in [4.78, 5) is 2.51. The summed E-state index contributed by atoms with van der Waals surface area (Å²) in [7, 11) is 0. The molecule has 0 saturated carbocycles. The van der Waals surface area contributed by atoms with Gasteiger partial charge in [-0.1, -0.05) is 26.0 Å². The number of hydrogen-bond donors (Lipinski definition) is 1. The minimum Gasteiger partial charge on any atom is -0.314 e. The van der Waals surface area contributed by atoms with E-state index in [9.17, 15) is 4.39 Å². The average molecular weight is 351 g/mol. The number of rotatable bonds is 5. The third kappa shape index (κ3) is 5.69. The second kappa shape index (κ2) is 10.4. The van der Waals surface area contributed by atoms with Gasteiger partial charge in [0.05, 0.1) is 0 Å². The van der Waals surface area contributed by atoms with Gasteiger partial charge in [-0.2, -0.15) is 0 Å². The highest BCUT2D eigenvalue weighted by molar-refractivity contribution is 5.85. The van der Waals surface area contributed by atoms with Crippen LogP contribution in [0.3, 0.4) is 0 Å². The van der Waals surface area contributed by atoms with E-state index in [2.05, 4.69) is 30.1 Å². The molecule has 22 heavy (non-hydrogen) atoms. The second-order valence-corrected chi connectivity index (χ2v) is 6.23. The smallest absolute Gasteiger partial charge is 0.126 e. The molecule has 1 aliphatic rings. The SMILES string of the molecule is Cc1c(F)cccc1[C@H](CCC(C)C)N1CCNCC1.Cl.Cl. The Morgan fingerprint density at radius 2 is 1.77 bits per heavy atom. The molecule has 128 valence electrons. The van der Waals surface area contributed by atoms with Crippen molar-refractivity contribution in [3.8, 4) is 0 Å². The van der Waals surface area contributed by atoms with Crippen LogP contribution in [0.5, 0.6) is 0 Å². The topological polar surface area (TPSA) is 15.3 Å². The molecule has 1 fully saturated rings. The highest BCUT2D eigenvalue weighted by atomic mass is 35.5. The van der Waals surface area contributed by atoms with Crippen molar-refractivity contribution in [1.82, 2.24) is 10.2 Å². The van der Waals surface area contributed by atoms with Gasteiger partial charge in [-0.05, 0) is 42.9 Å². The molecule has 1 aromatic carbocycles. The van der Waals surface area contributed by atoms with Crippen LogP contribution in [0.1, 0.15) is 43.9 Å². The molecule has 0 amide bonds. The molecule has 1 heterocycles. The molecule has 0 radical (unpaired) electrons. The van der Waals surface area contributed by atoms with Crippen molar-refractivity contribution in [2.75, 3.05) is 26.2 Å². The first-order valence-electron chi connectivity index (χ1n) is 7.79. The van der Waals surface area contributed by atoms with Gasteiger partial charge in [-0.3, -0.25) is 4.90 Å². The van der Waals surface area contributed by atoms with Crippen molar-refractivity contribution < 1.29 is 4.39 Å². The van der Waals surface area contributed by atoms with Crippen molar-refractivity contribution in [2.24, 2.45) is 5.92 Å². The fourth-order valence-corrected chi connectivity index (χ4v) is 3.00. The van der Waals surface area contributed by atoms with Crippen LogP contribution in [0, 0.1) is 18.7 Å². The third-order valence-corrected chi connectivity index (χ3v) is 4.28. The first-order valence-corrected chi connectivity index (χ1v) is 7.79. The van der Waals surface area contributed by atoms with Crippen LogP contribution in [-0.2, 0) is 0 Å². The molecular formula is C17H29Cl2FN2. The summed E-state index contributed by atoms with van der Waals surface area (Å²) in [5.74, 6) is 0.612. The van der Waals surface area contributed by atoms with E-state index in [-0.39, 0.29) is 30.6 Å². The van der Waals surface area contributed by atoms with E-state index in [1.807, 2.05) is 13.0 Å². The lowest BCUT2D eigenvalue weighted by Crippen LogP contribution is -2.45. The zero-order chi connectivity index (χ0) is 14.5. The Balaban J connectivity index is 0.00000220. The van der Waals surface area contributed by atoms with Gasteiger partial charge in [0.2, 0.25) is 0 Å². The molecule has 1 N–H and O–H groups in total. The van der Waals surface area contributed by atoms with E-state index < -0.39 is 0 Å². The lowest BCUT2D eigenvalue weighted by molar-refractivity contribution is 0.159. The molecule has 5 heteroatoms. The van der Waals surface area contributed by atoms with Gasteiger partial charge >= 0.3 is 0 Å². The predicted octanol–water partition coefficient (Wildman–Crippen LogP) is 4.36. The van der Waals surface area contributed by atoms with Gasteiger partial charge in [0, 0.05) is 32.2 Å². The van der Waals surface area contributed by atoms with E-state index >= 15 is 0 Å². The Morgan fingerprint density at radius 3 is 2.36 bits per heavy atom. The summed E-state index contributed by atoms with van der Waals surface area (Å²) in [5, 5.41) is 3.40. The van der Waals surface area contributed by atoms with E-state index in [1.54, 1.807) is 6.07 Å². The van der Waals surface area contributed by atoms with Crippen LogP contribution in [0.15, 0.2) is 18.2 Å². The lowest BCUT2D eigenvalue weighted by atomic mass is 9.92. The zero-order valence-corrected chi connectivity index (χ0v) is 15.4. The highest BCUT2D eigenvalue weighted by Crippen LogP contribution is 2.30. The van der Waals surface area contributed by atoms with Crippen molar-refractivity contribution >= 4 is 24.8 Å². The molecule has 0 spiro atoms. The molecule has 2 nitrogen and oxygen atoms in total. The molecule has 0 unspecified atom stereocenters. The molecule has 0 aliphatic carbocycles. The Hall–Kier alpha value is -0.350. The molecule has 0 aromatic heterocycles. The summed E-state index contributed by atoms with van der Waals surface area (Å²) in [5.41, 5.74) is 1.99. The van der Waals surface area contributed by atoms with Crippen molar-refractivity contribution in [3.05, 3.63) is 35.1 Å². The van der Waals surface area contributed by atoms with Crippen LogP contribution in [0.2, 0.25) is 0 Å². The van der Waals surface area contributed by atoms with Crippen LogP contribution in [0.4, 0.5) is 4.39 Å². The van der Waals surface area contributed by atoms with Crippen molar-refractivity contribution in [2.45, 2.75) is 39.7 Å². The van der Waals surface area contributed by atoms with Gasteiger partial charge < -0.3 is 5.32 Å². The second-order valence-electron chi connectivity index (χ2n) is 6.23. The maximum atomic E-state index is 13.9. The van der Waals surface area contributed by atoms with E-state index in [1.165, 1.54) is 12.0 Å². The lowest BCUT2D eigenvalue weighted by Gasteiger charge is -2.36. The van der Waals surface area contributed by atoms with Crippen molar-refractivity contribution in [1.29, 1.82) is 0 Å². The maximum absolute atomic E-state index is 13.9. The molecule has 2 rings (SSSR count). The zero-order valence-electron chi connectivity index (χ0n) is 13.8.